The molecule has 14 heavy (non-hydrogen) atoms. The number of aliphatic carboxylic acids is 1. The fraction of sp³-hybridized carbons (Fsp3) is 0.556. The predicted molar refractivity (Wildman–Crippen MR) is 53.9 cm³/mol. The average molecular weight is 259 g/mol. The largest absolute Gasteiger partial charge is 0.481 e. The van der Waals surface area contributed by atoms with Crippen molar-refractivity contribution in [1.82, 2.24) is 9.78 Å². The number of hydrogen-bond donors (Lipinski definition) is 1. The molecule has 1 N–H and O–H groups in total. The molecule has 2 atom stereocenters. The topological polar surface area (TPSA) is 55.1 Å². The molecule has 1 aliphatic carbocycles. The van der Waals surface area contributed by atoms with E-state index in [1.54, 1.807) is 10.9 Å². The molecule has 1 saturated carbocycles. The average Bonchev–Trinajstić information content (AvgIpc) is 2.70. The van der Waals surface area contributed by atoms with Crippen molar-refractivity contribution in [3.63, 3.8) is 0 Å². The first-order valence-electron chi connectivity index (χ1n) is 4.61. The molecule has 0 amide bonds. The Balaban J connectivity index is 2.21. The third kappa shape index (κ3) is 1.68. The highest BCUT2D eigenvalue weighted by atomic mass is 79.9. The zero-order valence-electron chi connectivity index (χ0n) is 7.56. The minimum atomic E-state index is -0.709. The lowest BCUT2D eigenvalue weighted by Crippen LogP contribution is -2.21. The molecule has 0 spiro atoms. The van der Waals surface area contributed by atoms with Crippen molar-refractivity contribution in [2.75, 3.05) is 0 Å². The van der Waals surface area contributed by atoms with Crippen LogP contribution in [-0.4, -0.2) is 20.9 Å². The molecule has 5 heteroatoms. The van der Waals surface area contributed by atoms with Crippen molar-refractivity contribution in [3.8, 4) is 0 Å². The number of carboxylic acid groups (broad SMARTS) is 1. The van der Waals surface area contributed by atoms with E-state index in [0.717, 1.165) is 23.7 Å². The van der Waals surface area contributed by atoms with Crippen LogP contribution in [0.3, 0.4) is 0 Å². The molecular weight excluding hydrogens is 248 g/mol. The Morgan fingerprint density at radius 1 is 1.64 bits per heavy atom. The molecule has 1 heterocycles. The summed E-state index contributed by atoms with van der Waals surface area (Å²) in [5, 5.41) is 13.1. The fourth-order valence-electron chi connectivity index (χ4n) is 2.04. The summed E-state index contributed by atoms with van der Waals surface area (Å²) in [5.41, 5.74) is 0. The van der Waals surface area contributed by atoms with Gasteiger partial charge in [0.05, 0.1) is 22.6 Å². The first-order chi connectivity index (χ1) is 6.68. The van der Waals surface area contributed by atoms with E-state index in [9.17, 15) is 4.79 Å². The molecule has 1 aliphatic rings. The monoisotopic (exact) mass is 258 g/mol. The van der Waals surface area contributed by atoms with Gasteiger partial charge in [-0.15, -0.1) is 0 Å². The summed E-state index contributed by atoms with van der Waals surface area (Å²) in [7, 11) is 0. The molecule has 1 fully saturated rings. The first kappa shape index (κ1) is 9.71. The Labute approximate surface area is 90.0 Å². The molecule has 0 aliphatic heterocycles. The molecule has 0 radical (unpaired) electrons. The highest BCUT2D eigenvalue weighted by Gasteiger charge is 2.34. The number of nitrogens with zero attached hydrogens (tertiary/aromatic N) is 2. The maximum atomic E-state index is 10.9. The number of aromatic nitrogens is 2. The van der Waals surface area contributed by atoms with Gasteiger partial charge in [0, 0.05) is 6.20 Å². The van der Waals surface area contributed by atoms with Gasteiger partial charge in [0.25, 0.3) is 0 Å². The van der Waals surface area contributed by atoms with Crippen LogP contribution in [0.25, 0.3) is 0 Å². The van der Waals surface area contributed by atoms with Crippen molar-refractivity contribution in [2.24, 2.45) is 5.92 Å². The molecule has 2 unspecified atom stereocenters. The standard InChI is InChI=1S/C9H11BrN2O2/c10-6-4-11-12(5-6)8-3-1-2-7(8)9(13)14/h4-5,7-8H,1-3H2,(H,13,14). The van der Waals surface area contributed by atoms with Crippen molar-refractivity contribution in [2.45, 2.75) is 25.3 Å². The van der Waals surface area contributed by atoms with Crippen LogP contribution >= 0.6 is 15.9 Å². The second kappa shape index (κ2) is 3.73. The van der Waals surface area contributed by atoms with Crippen molar-refractivity contribution >= 4 is 21.9 Å². The first-order valence-corrected chi connectivity index (χ1v) is 5.40. The summed E-state index contributed by atoms with van der Waals surface area (Å²) in [6, 6.07) is 0.0267. The molecular formula is C9H11BrN2O2. The van der Waals surface area contributed by atoms with Gasteiger partial charge in [-0.25, -0.2) is 0 Å². The SMILES string of the molecule is O=C(O)C1CCCC1n1cc(Br)cn1. The Morgan fingerprint density at radius 3 is 3.00 bits per heavy atom. The van der Waals surface area contributed by atoms with E-state index in [0.29, 0.717) is 0 Å². The van der Waals surface area contributed by atoms with Crippen molar-refractivity contribution in [1.29, 1.82) is 0 Å². The van der Waals surface area contributed by atoms with E-state index in [1.165, 1.54) is 0 Å². The quantitative estimate of drug-likeness (QED) is 0.884. The third-order valence-electron chi connectivity index (χ3n) is 2.71. The van der Waals surface area contributed by atoms with Crippen LogP contribution in [-0.2, 0) is 4.79 Å². The van der Waals surface area contributed by atoms with Crippen molar-refractivity contribution < 1.29 is 9.90 Å². The fourth-order valence-corrected chi connectivity index (χ4v) is 2.34. The smallest absolute Gasteiger partial charge is 0.308 e. The minimum absolute atomic E-state index is 0.0267. The molecule has 0 aromatic carbocycles. The van der Waals surface area contributed by atoms with E-state index in [-0.39, 0.29) is 12.0 Å². The number of carbonyl (C=O) groups is 1. The molecule has 76 valence electrons. The molecule has 1 aromatic rings. The van der Waals surface area contributed by atoms with Gasteiger partial charge >= 0.3 is 5.97 Å². The van der Waals surface area contributed by atoms with Gasteiger partial charge < -0.3 is 5.11 Å². The van der Waals surface area contributed by atoms with Crippen LogP contribution in [0.4, 0.5) is 0 Å². The van der Waals surface area contributed by atoms with E-state index < -0.39 is 5.97 Å². The van der Waals surface area contributed by atoms with Crippen LogP contribution in [0.5, 0.6) is 0 Å². The van der Waals surface area contributed by atoms with Crippen LogP contribution < -0.4 is 0 Å². The summed E-state index contributed by atoms with van der Waals surface area (Å²) in [4.78, 5) is 10.9. The lowest BCUT2D eigenvalue weighted by atomic mass is 10.0. The van der Waals surface area contributed by atoms with Crippen LogP contribution in [0.15, 0.2) is 16.9 Å². The van der Waals surface area contributed by atoms with Crippen LogP contribution in [0.1, 0.15) is 25.3 Å². The highest BCUT2D eigenvalue weighted by molar-refractivity contribution is 9.10. The Kier molecular flexibility index (Phi) is 2.58. The van der Waals surface area contributed by atoms with E-state index in [4.69, 9.17) is 5.11 Å². The van der Waals surface area contributed by atoms with Crippen LogP contribution in [0.2, 0.25) is 0 Å². The summed E-state index contributed by atoms with van der Waals surface area (Å²) in [6.45, 7) is 0. The van der Waals surface area contributed by atoms with E-state index in [2.05, 4.69) is 21.0 Å². The predicted octanol–water partition coefficient (Wildman–Crippen LogP) is 2.07. The second-order valence-corrected chi connectivity index (χ2v) is 4.50. The molecule has 1 aromatic heterocycles. The number of carboxylic acids is 1. The van der Waals surface area contributed by atoms with Gasteiger partial charge in [-0.3, -0.25) is 9.48 Å². The van der Waals surface area contributed by atoms with E-state index in [1.807, 2.05) is 6.20 Å². The van der Waals surface area contributed by atoms with Gasteiger partial charge in [0.15, 0.2) is 0 Å². The molecule has 2 rings (SSSR count). The van der Waals surface area contributed by atoms with Gasteiger partial charge in [-0.05, 0) is 28.8 Å². The lowest BCUT2D eigenvalue weighted by molar-refractivity contribution is -0.142. The Hall–Kier alpha value is -0.840. The van der Waals surface area contributed by atoms with Crippen LogP contribution in [0, 0.1) is 5.92 Å². The maximum Gasteiger partial charge on any atom is 0.308 e. The molecule has 0 saturated heterocycles. The summed E-state index contributed by atoms with van der Waals surface area (Å²) in [5.74, 6) is -0.985. The van der Waals surface area contributed by atoms with Gasteiger partial charge in [0.1, 0.15) is 0 Å². The second-order valence-electron chi connectivity index (χ2n) is 3.58. The normalized spacial score (nSPS) is 26.6. The number of rotatable bonds is 2. The maximum absolute atomic E-state index is 10.9. The number of hydrogen-bond acceptors (Lipinski definition) is 2. The summed E-state index contributed by atoms with van der Waals surface area (Å²) in [6.07, 6.45) is 6.17. The van der Waals surface area contributed by atoms with E-state index >= 15 is 0 Å². The molecule has 4 nitrogen and oxygen atoms in total. The van der Waals surface area contributed by atoms with Gasteiger partial charge in [-0.2, -0.15) is 5.10 Å². The van der Waals surface area contributed by atoms with Crippen molar-refractivity contribution in [3.05, 3.63) is 16.9 Å². The lowest BCUT2D eigenvalue weighted by Gasteiger charge is -2.15. The number of halogens is 1. The Morgan fingerprint density at radius 2 is 2.43 bits per heavy atom. The zero-order valence-corrected chi connectivity index (χ0v) is 9.14. The third-order valence-corrected chi connectivity index (χ3v) is 3.12. The zero-order chi connectivity index (χ0) is 10.1. The Bertz CT molecular complexity index is 350. The van der Waals surface area contributed by atoms with Gasteiger partial charge in [0.2, 0.25) is 0 Å². The summed E-state index contributed by atoms with van der Waals surface area (Å²) < 4.78 is 2.66. The van der Waals surface area contributed by atoms with Gasteiger partial charge in [-0.1, -0.05) is 6.42 Å². The molecule has 0 bridgehead atoms. The summed E-state index contributed by atoms with van der Waals surface area (Å²) >= 11 is 3.31. The minimum Gasteiger partial charge on any atom is -0.481 e. The highest BCUT2D eigenvalue weighted by Crippen LogP contribution is 2.35.